The molecule has 0 unspecified atom stereocenters. The number of esters is 1. The number of benzene rings is 2. The van der Waals surface area contributed by atoms with Crippen LogP contribution in [-0.2, 0) is 11.3 Å². The number of nitrogens with two attached hydrogens (primary N) is 1. The summed E-state index contributed by atoms with van der Waals surface area (Å²) < 4.78 is 31.4. The van der Waals surface area contributed by atoms with Crippen molar-refractivity contribution in [1.82, 2.24) is 0 Å². The first-order chi connectivity index (χ1) is 10.0. The number of methoxy groups -OCH3 is 1. The van der Waals surface area contributed by atoms with Crippen molar-refractivity contribution in [2.24, 2.45) is 0 Å². The number of hydrogen-bond donors (Lipinski definition) is 2. The summed E-state index contributed by atoms with van der Waals surface area (Å²) in [5, 5.41) is 2.80. The third-order valence-corrected chi connectivity index (χ3v) is 2.92. The van der Waals surface area contributed by atoms with Crippen LogP contribution in [0.2, 0.25) is 0 Å². The molecule has 0 fully saturated rings. The van der Waals surface area contributed by atoms with Crippen molar-refractivity contribution >= 4 is 17.3 Å². The molecule has 4 nitrogen and oxygen atoms in total. The van der Waals surface area contributed by atoms with Gasteiger partial charge in [-0.05, 0) is 29.8 Å². The fourth-order valence-electron chi connectivity index (χ4n) is 1.86. The average molecular weight is 292 g/mol. The van der Waals surface area contributed by atoms with E-state index in [0.717, 1.165) is 6.07 Å². The Morgan fingerprint density at radius 1 is 1.29 bits per heavy atom. The van der Waals surface area contributed by atoms with E-state index in [1.807, 2.05) is 0 Å². The van der Waals surface area contributed by atoms with Crippen molar-refractivity contribution in [2.75, 3.05) is 18.2 Å². The Hall–Kier alpha value is -2.63. The highest BCUT2D eigenvalue weighted by Crippen LogP contribution is 2.23. The number of carbonyl (C=O) groups is 1. The lowest BCUT2D eigenvalue weighted by Gasteiger charge is -2.11. The number of anilines is 2. The summed E-state index contributed by atoms with van der Waals surface area (Å²) in [5.41, 5.74) is 6.38. The Balaban J connectivity index is 2.21. The fourth-order valence-corrected chi connectivity index (χ4v) is 1.86. The van der Waals surface area contributed by atoms with E-state index in [0.29, 0.717) is 5.56 Å². The maximum atomic E-state index is 13.8. The van der Waals surface area contributed by atoms with Crippen LogP contribution in [-0.4, -0.2) is 13.1 Å². The summed E-state index contributed by atoms with van der Waals surface area (Å²) in [7, 11) is 1.21. The maximum Gasteiger partial charge on any atom is 0.340 e. The van der Waals surface area contributed by atoms with Crippen LogP contribution in [0.4, 0.5) is 20.2 Å². The number of rotatable bonds is 4. The van der Waals surface area contributed by atoms with Crippen molar-refractivity contribution in [1.29, 1.82) is 0 Å². The van der Waals surface area contributed by atoms with Crippen LogP contribution in [0.25, 0.3) is 0 Å². The number of halogens is 2. The molecule has 2 aromatic carbocycles. The second kappa shape index (κ2) is 6.21. The Labute approximate surface area is 120 Å². The standard InChI is InChI=1S/C15H14F2N2O2/c1-21-15(20)11-6-14(12(17)7-13(11)18)19-8-9-3-2-4-10(16)5-9/h2-7,19H,8,18H2,1H3. The summed E-state index contributed by atoms with van der Waals surface area (Å²) in [5.74, 6) is -1.62. The number of carbonyl (C=O) groups excluding carboxylic acids is 1. The highest BCUT2D eigenvalue weighted by Gasteiger charge is 2.14. The van der Waals surface area contributed by atoms with Crippen LogP contribution in [0.3, 0.4) is 0 Å². The van der Waals surface area contributed by atoms with Gasteiger partial charge in [-0.2, -0.15) is 0 Å². The predicted molar refractivity (Wildman–Crippen MR) is 75.9 cm³/mol. The zero-order chi connectivity index (χ0) is 15.4. The molecule has 0 aromatic heterocycles. The molecule has 6 heteroatoms. The topological polar surface area (TPSA) is 64.3 Å². The van der Waals surface area contributed by atoms with E-state index in [2.05, 4.69) is 10.1 Å². The number of hydrogen-bond acceptors (Lipinski definition) is 4. The van der Waals surface area contributed by atoms with Gasteiger partial charge in [0.25, 0.3) is 0 Å². The van der Waals surface area contributed by atoms with E-state index in [4.69, 9.17) is 5.73 Å². The van der Waals surface area contributed by atoms with E-state index in [-0.39, 0.29) is 29.3 Å². The van der Waals surface area contributed by atoms with E-state index in [1.165, 1.54) is 25.3 Å². The highest BCUT2D eigenvalue weighted by atomic mass is 19.1. The number of nitrogens with one attached hydrogen (secondary N) is 1. The fraction of sp³-hybridized carbons (Fsp3) is 0.133. The highest BCUT2D eigenvalue weighted by molar-refractivity contribution is 5.96. The number of nitrogen functional groups attached to an aromatic ring is 1. The summed E-state index contributed by atoms with van der Waals surface area (Å²) in [6.45, 7) is 0.208. The predicted octanol–water partition coefficient (Wildman–Crippen LogP) is 2.95. The van der Waals surface area contributed by atoms with Gasteiger partial charge in [0.1, 0.15) is 11.6 Å². The molecule has 0 amide bonds. The van der Waals surface area contributed by atoms with Gasteiger partial charge in [0, 0.05) is 12.2 Å². The zero-order valence-electron chi connectivity index (χ0n) is 11.3. The van der Waals surface area contributed by atoms with E-state index < -0.39 is 11.8 Å². The van der Waals surface area contributed by atoms with E-state index in [9.17, 15) is 13.6 Å². The molecule has 0 saturated heterocycles. The van der Waals surface area contributed by atoms with E-state index in [1.54, 1.807) is 12.1 Å². The van der Waals surface area contributed by atoms with Crippen molar-refractivity contribution in [3.05, 3.63) is 59.2 Å². The maximum absolute atomic E-state index is 13.8. The minimum Gasteiger partial charge on any atom is -0.465 e. The van der Waals surface area contributed by atoms with Crippen LogP contribution < -0.4 is 11.1 Å². The lowest BCUT2D eigenvalue weighted by atomic mass is 10.1. The molecule has 0 aliphatic carbocycles. The van der Waals surface area contributed by atoms with Crippen molar-refractivity contribution in [3.63, 3.8) is 0 Å². The van der Waals surface area contributed by atoms with Crippen LogP contribution >= 0.6 is 0 Å². The molecule has 0 aliphatic rings. The summed E-state index contributed by atoms with van der Waals surface area (Å²) in [6.07, 6.45) is 0. The normalized spacial score (nSPS) is 10.2. The molecule has 0 spiro atoms. The molecule has 0 radical (unpaired) electrons. The summed E-state index contributed by atoms with van der Waals surface area (Å²) in [4.78, 5) is 11.5. The van der Waals surface area contributed by atoms with Gasteiger partial charge in [-0.25, -0.2) is 13.6 Å². The molecule has 0 atom stereocenters. The lowest BCUT2D eigenvalue weighted by Crippen LogP contribution is -2.09. The molecule has 2 aromatic rings. The third-order valence-electron chi connectivity index (χ3n) is 2.92. The Bertz CT molecular complexity index is 675. The van der Waals surface area contributed by atoms with E-state index >= 15 is 0 Å². The molecule has 2 rings (SSSR count). The minimum absolute atomic E-state index is 0.00402. The number of ether oxygens (including phenoxy) is 1. The minimum atomic E-state index is -0.652. The second-order valence-corrected chi connectivity index (χ2v) is 4.39. The van der Waals surface area contributed by atoms with Gasteiger partial charge in [0.05, 0.1) is 18.4 Å². The van der Waals surface area contributed by atoms with Crippen molar-refractivity contribution < 1.29 is 18.3 Å². The Morgan fingerprint density at radius 2 is 2.05 bits per heavy atom. The first-order valence-electron chi connectivity index (χ1n) is 6.17. The second-order valence-electron chi connectivity index (χ2n) is 4.39. The van der Waals surface area contributed by atoms with Crippen molar-refractivity contribution in [3.8, 4) is 0 Å². The molecular formula is C15H14F2N2O2. The lowest BCUT2D eigenvalue weighted by molar-refractivity contribution is 0.0602. The average Bonchev–Trinajstić information content (AvgIpc) is 2.45. The van der Waals surface area contributed by atoms with Crippen molar-refractivity contribution in [2.45, 2.75) is 6.54 Å². The van der Waals surface area contributed by atoms with Crippen LogP contribution in [0, 0.1) is 11.6 Å². The van der Waals surface area contributed by atoms with Crippen LogP contribution in [0.15, 0.2) is 36.4 Å². The molecule has 110 valence electrons. The molecule has 3 N–H and O–H groups in total. The molecule has 0 saturated carbocycles. The summed E-state index contributed by atoms with van der Waals surface area (Å²) >= 11 is 0. The van der Waals surface area contributed by atoms with Crippen LogP contribution in [0.5, 0.6) is 0 Å². The third kappa shape index (κ3) is 3.47. The summed E-state index contributed by atoms with van der Waals surface area (Å²) in [6, 6.07) is 8.24. The largest absolute Gasteiger partial charge is 0.465 e. The Kier molecular flexibility index (Phi) is 4.37. The monoisotopic (exact) mass is 292 g/mol. The van der Waals surface area contributed by atoms with Gasteiger partial charge in [-0.3, -0.25) is 0 Å². The zero-order valence-corrected chi connectivity index (χ0v) is 11.3. The van der Waals surface area contributed by atoms with Crippen LogP contribution in [0.1, 0.15) is 15.9 Å². The molecule has 0 aliphatic heterocycles. The smallest absolute Gasteiger partial charge is 0.340 e. The van der Waals surface area contributed by atoms with Gasteiger partial charge in [-0.15, -0.1) is 0 Å². The first-order valence-corrected chi connectivity index (χ1v) is 6.17. The first kappa shape index (κ1) is 14.8. The quantitative estimate of drug-likeness (QED) is 0.671. The molecule has 0 heterocycles. The molecule has 21 heavy (non-hydrogen) atoms. The Morgan fingerprint density at radius 3 is 2.71 bits per heavy atom. The van der Waals surface area contributed by atoms with Gasteiger partial charge < -0.3 is 15.8 Å². The van der Waals surface area contributed by atoms with Gasteiger partial charge in [0.2, 0.25) is 0 Å². The molecule has 0 bridgehead atoms. The van der Waals surface area contributed by atoms with Gasteiger partial charge >= 0.3 is 5.97 Å². The SMILES string of the molecule is COC(=O)c1cc(NCc2cccc(F)c2)c(F)cc1N. The molecular weight excluding hydrogens is 278 g/mol. The van der Waals surface area contributed by atoms with Gasteiger partial charge in [0.15, 0.2) is 0 Å². The van der Waals surface area contributed by atoms with Gasteiger partial charge in [-0.1, -0.05) is 12.1 Å².